The number of anilines is 2. The van der Waals surface area contributed by atoms with Gasteiger partial charge in [0.1, 0.15) is 11.9 Å². The van der Waals surface area contributed by atoms with Gasteiger partial charge < -0.3 is 10.6 Å². The topological polar surface area (TPSA) is 73.6 Å². The summed E-state index contributed by atoms with van der Waals surface area (Å²) < 4.78 is 0. The van der Waals surface area contributed by atoms with Crippen molar-refractivity contribution in [3.8, 4) is 6.07 Å². The molecule has 0 aromatic carbocycles. The average Bonchev–Trinajstić information content (AvgIpc) is 2.57. The summed E-state index contributed by atoms with van der Waals surface area (Å²) in [5.41, 5.74) is 1.66. The number of pyridine rings is 2. The molecule has 0 saturated heterocycles. The summed E-state index contributed by atoms with van der Waals surface area (Å²) in [6.45, 7) is 8.21. The second-order valence-electron chi connectivity index (χ2n) is 4.30. The van der Waals surface area contributed by atoms with E-state index >= 15 is 0 Å². The summed E-state index contributed by atoms with van der Waals surface area (Å²) in [7, 11) is 1.74. The molecule has 0 saturated carbocycles. The van der Waals surface area contributed by atoms with E-state index in [9.17, 15) is 0 Å². The number of nitriles is 1. The van der Waals surface area contributed by atoms with Gasteiger partial charge in [-0.25, -0.2) is 4.98 Å². The van der Waals surface area contributed by atoms with Gasteiger partial charge in [0, 0.05) is 31.7 Å². The predicted molar refractivity (Wildman–Crippen MR) is 92.8 cm³/mol. The molecular formula is C17H25N5. The van der Waals surface area contributed by atoms with Crippen LogP contribution in [0.25, 0.3) is 0 Å². The number of aromatic nitrogens is 2. The maximum Gasteiger partial charge on any atom is 0.143 e. The Morgan fingerprint density at radius 3 is 2.27 bits per heavy atom. The van der Waals surface area contributed by atoms with Crippen LogP contribution in [0.4, 0.5) is 11.5 Å². The fourth-order valence-electron chi connectivity index (χ4n) is 1.48. The molecule has 5 nitrogen and oxygen atoms in total. The highest BCUT2D eigenvalue weighted by atomic mass is 15.0. The van der Waals surface area contributed by atoms with Gasteiger partial charge in [-0.3, -0.25) is 4.98 Å². The molecule has 0 unspecified atom stereocenters. The zero-order valence-corrected chi connectivity index (χ0v) is 14.0. The van der Waals surface area contributed by atoms with Crippen LogP contribution in [0.15, 0.2) is 42.9 Å². The lowest BCUT2D eigenvalue weighted by molar-refractivity contribution is 0.898. The van der Waals surface area contributed by atoms with Crippen LogP contribution < -0.4 is 10.6 Å². The van der Waals surface area contributed by atoms with Gasteiger partial charge in [-0.1, -0.05) is 13.8 Å². The van der Waals surface area contributed by atoms with E-state index in [2.05, 4.69) is 34.4 Å². The Kier molecular flexibility index (Phi) is 10.7. The Morgan fingerprint density at radius 1 is 1.14 bits per heavy atom. The van der Waals surface area contributed by atoms with Crippen LogP contribution in [0, 0.1) is 11.3 Å². The van der Waals surface area contributed by atoms with E-state index in [1.54, 1.807) is 31.6 Å². The third-order valence-corrected chi connectivity index (χ3v) is 2.28. The number of nitrogens with zero attached hydrogens (tertiary/aromatic N) is 3. The number of hydrogen-bond acceptors (Lipinski definition) is 5. The minimum Gasteiger partial charge on any atom is -0.382 e. The number of rotatable bonds is 3. The van der Waals surface area contributed by atoms with E-state index in [0.29, 0.717) is 17.4 Å². The Bertz CT molecular complexity index is 546. The first kappa shape index (κ1) is 19.4. The van der Waals surface area contributed by atoms with Crippen LogP contribution in [-0.4, -0.2) is 23.1 Å². The summed E-state index contributed by atoms with van der Waals surface area (Å²) >= 11 is 0. The fourth-order valence-corrected chi connectivity index (χ4v) is 1.48. The van der Waals surface area contributed by atoms with Gasteiger partial charge in [-0.2, -0.15) is 5.26 Å². The molecule has 0 aliphatic rings. The van der Waals surface area contributed by atoms with Gasteiger partial charge in [-0.15, -0.1) is 0 Å². The zero-order chi connectivity index (χ0) is 16.8. The Hall–Kier alpha value is -2.61. The predicted octanol–water partition coefficient (Wildman–Crippen LogP) is 3.92. The van der Waals surface area contributed by atoms with Crippen LogP contribution >= 0.6 is 0 Å². The largest absolute Gasteiger partial charge is 0.382 e. The standard InChI is InChI=1S/C8H12N2.C7H7N3.C2H6/c1-7(2)10-8-4-3-5-9-6-8;1-9-7-6(5-8)3-2-4-10-7;1-2/h3-7,10H,1-2H3;2-4H,1H3,(H,9,10);1-2H3. The maximum atomic E-state index is 8.52. The van der Waals surface area contributed by atoms with Crippen LogP contribution in [0.2, 0.25) is 0 Å². The second-order valence-corrected chi connectivity index (χ2v) is 4.30. The lowest BCUT2D eigenvalue weighted by Gasteiger charge is -2.07. The van der Waals surface area contributed by atoms with Crippen LogP contribution in [0.1, 0.15) is 33.3 Å². The van der Waals surface area contributed by atoms with Crippen molar-refractivity contribution in [3.63, 3.8) is 0 Å². The second kappa shape index (κ2) is 12.2. The van der Waals surface area contributed by atoms with E-state index < -0.39 is 0 Å². The third kappa shape index (κ3) is 7.85. The minimum atomic E-state index is 0.476. The normalized spacial score (nSPS) is 8.59. The molecule has 0 atom stereocenters. The molecule has 0 radical (unpaired) electrons. The zero-order valence-electron chi connectivity index (χ0n) is 14.0. The summed E-state index contributed by atoms with van der Waals surface area (Å²) in [6.07, 6.45) is 5.23. The first-order chi connectivity index (χ1) is 10.7. The minimum absolute atomic E-state index is 0.476. The van der Waals surface area contributed by atoms with Crippen LogP contribution in [0.5, 0.6) is 0 Å². The first-order valence-corrected chi connectivity index (χ1v) is 7.36. The van der Waals surface area contributed by atoms with Crippen LogP contribution in [0.3, 0.4) is 0 Å². The van der Waals surface area contributed by atoms with Gasteiger partial charge in [0.15, 0.2) is 0 Å². The molecule has 0 aliphatic carbocycles. The van der Waals surface area contributed by atoms with Crippen molar-refractivity contribution in [1.29, 1.82) is 5.26 Å². The summed E-state index contributed by atoms with van der Waals surface area (Å²) in [5, 5.41) is 14.6. The smallest absolute Gasteiger partial charge is 0.143 e. The number of hydrogen-bond donors (Lipinski definition) is 2. The summed E-state index contributed by atoms with van der Waals surface area (Å²) in [4.78, 5) is 7.91. The van der Waals surface area contributed by atoms with E-state index in [-0.39, 0.29) is 0 Å². The van der Waals surface area contributed by atoms with Crippen molar-refractivity contribution < 1.29 is 0 Å². The quantitative estimate of drug-likeness (QED) is 0.898. The highest BCUT2D eigenvalue weighted by Crippen LogP contribution is 2.07. The molecule has 0 aliphatic heterocycles. The Labute approximate surface area is 133 Å². The molecule has 2 rings (SSSR count). The van der Waals surface area contributed by atoms with Crippen molar-refractivity contribution in [1.82, 2.24) is 9.97 Å². The van der Waals surface area contributed by atoms with Crippen molar-refractivity contribution in [2.45, 2.75) is 33.7 Å². The average molecular weight is 299 g/mol. The molecule has 0 spiro atoms. The van der Waals surface area contributed by atoms with E-state index in [0.717, 1.165) is 5.69 Å². The lowest BCUT2D eigenvalue weighted by atomic mass is 10.3. The van der Waals surface area contributed by atoms with Gasteiger partial charge in [-0.05, 0) is 38.1 Å². The molecule has 2 heterocycles. The van der Waals surface area contributed by atoms with E-state index in [1.807, 2.05) is 38.2 Å². The molecular weight excluding hydrogens is 274 g/mol. The lowest BCUT2D eigenvalue weighted by Crippen LogP contribution is -2.09. The van der Waals surface area contributed by atoms with Crippen molar-refractivity contribution in [2.24, 2.45) is 0 Å². The fraction of sp³-hybridized carbons (Fsp3) is 0.353. The highest BCUT2D eigenvalue weighted by molar-refractivity contribution is 5.50. The van der Waals surface area contributed by atoms with Gasteiger partial charge >= 0.3 is 0 Å². The van der Waals surface area contributed by atoms with Crippen molar-refractivity contribution in [3.05, 3.63) is 48.4 Å². The molecule has 0 bridgehead atoms. The molecule has 5 heteroatoms. The van der Waals surface area contributed by atoms with E-state index in [1.165, 1.54) is 0 Å². The molecule has 118 valence electrons. The molecule has 0 amide bonds. The van der Waals surface area contributed by atoms with Gasteiger partial charge in [0.05, 0.1) is 11.3 Å². The van der Waals surface area contributed by atoms with E-state index in [4.69, 9.17) is 5.26 Å². The van der Waals surface area contributed by atoms with Crippen molar-refractivity contribution in [2.75, 3.05) is 17.7 Å². The highest BCUT2D eigenvalue weighted by Gasteiger charge is 1.96. The summed E-state index contributed by atoms with van der Waals surface area (Å²) in [6, 6.07) is 9.88. The maximum absolute atomic E-state index is 8.52. The van der Waals surface area contributed by atoms with Crippen molar-refractivity contribution >= 4 is 11.5 Å². The Morgan fingerprint density at radius 2 is 1.82 bits per heavy atom. The monoisotopic (exact) mass is 299 g/mol. The number of nitrogens with one attached hydrogen (secondary N) is 2. The first-order valence-electron chi connectivity index (χ1n) is 7.36. The summed E-state index contributed by atoms with van der Waals surface area (Å²) in [5.74, 6) is 0.630. The SMILES string of the molecule is CC.CC(C)Nc1cccnc1.CNc1ncccc1C#N. The van der Waals surface area contributed by atoms with Gasteiger partial charge in [0.25, 0.3) is 0 Å². The Balaban J connectivity index is 0.000000360. The molecule has 0 fully saturated rings. The van der Waals surface area contributed by atoms with Gasteiger partial charge in [0.2, 0.25) is 0 Å². The molecule has 2 N–H and O–H groups in total. The molecule has 2 aromatic rings. The third-order valence-electron chi connectivity index (χ3n) is 2.28. The molecule has 22 heavy (non-hydrogen) atoms. The van der Waals surface area contributed by atoms with Crippen LogP contribution in [-0.2, 0) is 0 Å². The molecule has 2 aromatic heterocycles.